The zero-order valence-electron chi connectivity index (χ0n) is 16.9. The summed E-state index contributed by atoms with van der Waals surface area (Å²) in [5, 5.41) is 5.10. The maximum atomic E-state index is 6.36. The average Bonchev–Trinajstić information content (AvgIpc) is 2.83. The van der Waals surface area contributed by atoms with Crippen LogP contribution in [0, 0.1) is 0 Å². The topological polar surface area (TPSA) is 18.5 Å². The number of methoxy groups -OCH3 is 1. The Labute approximate surface area is 176 Å². The van der Waals surface area contributed by atoms with Gasteiger partial charge in [0.25, 0.3) is 0 Å². The van der Waals surface area contributed by atoms with Crippen molar-refractivity contribution in [3.8, 4) is 11.5 Å². The number of benzene rings is 4. The van der Waals surface area contributed by atoms with Crippen molar-refractivity contribution in [2.24, 2.45) is 0 Å². The minimum atomic E-state index is 0.872. The predicted octanol–water partition coefficient (Wildman–Crippen LogP) is 6.94. The Morgan fingerprint density at radius 3 is 2.60 bits per heavy atom. The molecule has 0 aromatic heterocycles. The Hall–Kier alpha value is -3.52. The first kappa shape index (κ1) is 17.3. The van der Waals surface area contributed by atoms with Crippen molar-refractivity contribution in [1.82, 2.24) is 0 Å². The van der Waals surface area contributed by atoms with Gasteiger partial charge in [0.1, 0.15) is 11.5 Å². The van der Waals surface area contributed by atoms with E-state index in [2.05, 4.69) is 60.7 Å². The highest BCUT2D eigenvalue weighted by Gasteiger charge is 2.25. The van der Waals surface area contributed by atoms with Gasteiger partial charge in [0.2, 0.25) is 0 Å². The third kappa shape index (κ3) is 2.57. The molecule has 1 aliphatic heterocycles. The molecule has 6 rings (SSSR count). The molecule has 2 heteroatoms. The lowest BCUT2D eigenvalue weighted by atomic mass is 9.82. The molecule has 0 atom stereocenters. The van der Waals surface area contributed by atoms with E-state index in [0.717, 1.165) is 30.8 Å². The molecule has 4 aromatic carbocycles. The quantitative estimate of drug-likeness (QED) is 0.345. The molecule has 4 aromatic rings. The second-order valence-corrected chi connectivity index (χ2v) is 8.02. The van der Waals surface area contributed by atoms with Gasteiger partial charge in [-0.1, -0.05) is 54.6 Å². The number of rotatable bonds is 2. The van der Waals surface area contributed by atoms with Crippen LogP contribution in [-0.4, -0.2) is 7.11 Å². The van der Waals surface area contributed by atoms with Crippen molar-refractivity contribution < 1.29 is 9.47 Å². The van der Waals surface area contributed by atoms with Gasteiger partial charge >= 0.3 is 0 Å². The van der Waals surface area contributed by atoms with E-state index in [1.54, 1.807) is 7.11 Å². The SMILES string of the molecule is COc1ccc(C2=COc3c(c4c(c5c3ccc3ccccc35)C=CCC4)C2)cc1. The molecule has 0 saturated carbocycles. The van der Waals surface area contributed by atoms with Gasteiger partial charge < -0.3 is 9.47 Å². The highest BCUT2D eigenvalue weighted by Crippen LogP contribution is 2.45. The Morgan fingerprint density at radius 2 is 1.73 bits per heavy atom. The van der Waals surface area contributed by atoms with Gasteiger partial charge in [-0.05, 0) is 64.1 Å². The fraction of sp³-hybridized carbons (Fsp3) is 0.143. The molecule has 0 amide bonds. The van der Waals surface area contributed by atoms with Gasteiger partial charge in [0.05, 0.1) is 13.4 Å². The number of fused-ring (bicyclic) bond motifs is 8. The van der Waals surface area contributed by atoms with E-state index >= 15 is 0 Å². The standard InChI is InChI=1S/C28H22O2/c1-29-21-13-10-18(11-14-21)20-16-26-23-8-4-5-9-24(23)27-22-7-3-2-6-19(22)12-15-25(27)28(26)30-17-20/h2-3,5-7,9-15,17H,4,8,16H2,1H3. The minimum Gasteiger partial charge on any atom is -0.497 e. The van der Waals surface area contributed by atoms with Gasteiger partial charge in [0, 0.05) is 22.8 Å². The molecule has 0 saturated heterocycles. The molecule has 1 heterocycles. The van der Waals surface area contributed by atoms with Gasteiger partial charge in [-0.3, -0.25) is 0 Å². The van der Waals surface area contributed by atoms with Crippen molar-refractivity contribution >= 4 is 33.2 Å². The molecule has 0 unspecified atom stereocenters. The maximum Gasteiger partial charge on any atom is 0.138 e. The summed E-state index contributed by atoms with van der Waals surface area (Å²) in [6.45, 7) is 0. The van der Waals surface area contributed by atoms with Gasteiger partial charge in [-0.2, -0.15) is 0 Å². The molecule has 0 N–H and O–H groups in total. The van der Waals surface area contributed by atoms with E-state index in [9.17, 15) is 0 Å². The molecule has 30 heavy (non-hydrogen) atoms. The number of allylic oxidation sites excluding steroid dienone is 2. The molecular formula is C28H22O2. The lowest BCUT2D eigenvalue weighted by molar-refractivity contribution is 0.414. The van der Waals surface area contributed by atoms with E-state index in [1.807, 2.05) is 18.4 Å². The smallest absolute Gasteiger partial charge is 0.138 e. The van der Waals surface area contributed by atoms with Crippen molar-refractivity contribution in [2.75, 3.05) is 7.11 Å². The predicted molar refractivity (Wildman–Crippen MR) is 124 cm³/mol. The summed E-state index contributed by atoms with van der Waals surface area (Å²) in [6, 6.07) is 21.3. The number of hydrogen-bond acceptors (Lipinski definition) is 2. The summed E-state index contributed by atoms with van der Waals surface area (Å²) in [5.41, 5.74) is 6.54. The molecule has 2 aliphatic rings. The van der Waals surface area contributed by atoms with Crippen LogP contribution in [0.3, 0.4) is 0 Å². The lowest BCUT2D eigenvalue weighted by Crippen LogP contribution is -2.10. The Morgan fingerprint density at radius 1 is 0.867 bits per heavy atom. The summed E-state index contributed by atoms with van der Waals surface area (Å²) in [4.78, 5) is 0. The fourth-order valence-electron chi connectivity index (χ4n) is 4.92. The van der Waals surface area contributed by atoms with Crippen molar-refractivity contribution in [1.29, 1.82) is 0 Å². The molecule has 146 valence electrons. The summed E-state index contributed by atoms with van der Waals surface area (Å²) < 4.78 is 11.7. The Balaban J connectivity index is 1.57. The fourth-order valence-corrected chi connectivity index (χ4v) is 4.92. The van der Waals surface area contributed by atoms with Crippen LogP contribution >= 0.6 is 0 Å². The largest absolute Gasteiger partial charge is 0.497 e. The van der Waals surface area contributed by atoms with Gasteiger partial charge in [-0.25, -0.2) is 0 Å². The number of ether oxygens (including phenoxy) is 2. The third-order valence-electron chi connectivity index (χ3n) is 6.40. The zero-order chi connectivity index (χ0) is 20.1. The van der Waals surface area contributed by atoms with E-state index in [0.29, 0.717) is 0 Å². The summed E-state index contributed by atoms with van der Waals surface area (Å²) in [7, 11) is 1.70. The van der Waals surface area contributed by atoms with Crippen LogP contribution in [0.1, 0.15) is 28.7 Å². The van der Waals surface area contributed by atoms with E-state index in [-0.39, 0.29) is 0 Å². The van der Waals surface area contributed by atoms with E-state index < -0.39 is 0 Å². The van der Waals surface area contributed by atoms with Crippen LogP contribution in [0.15, 0.2) is 73.0 Å². The van der Waals surface area contributed by atoms with E-state index in [4.69, 9.17) is 9.47 Å². The summed E-state index contributed by atoms with van der Waals surface area (Å²) >= 11 is 0. The molecule has 0 radical (unpaired) electrons. The van der Waals surface area contributed by atoms with E-state index in [1.165, 1.54) is 49.4 Å². The molecule has 0 bridgehead atoms. The molecule has 0 fully saturated rings. The first-order valence-corrected chi connectivity index (χ1v) is 10.5. The van der Waals surface area contributed by atoms with Crippen LogP contribution in [0.2, 0.25) is 0 Å². The minimum absolute atomic E-state index is 0.872. The van der Waals surface area contributed by atoms with Crippen LogP contribution in [-0.2, 0) is 12.8 Å². The van der Waals surface area contributed by atoms with Crippen molar-refractivity contribution in [3.63, 3.8) is 0 Å². The monoisotopic (exact) mass is 390 g/mol. The van der Waals surface area contributed by atoms with Crippen LogP contribution in [0.5, 0.6) is 11.5 Å². The molecular weight excluding hydrogens is 368 g/mol. The highest BCUT2D eigenvalue weighted by atomic mass is 16.5. The van der Waals surface area contributed by atoms with Gasteiger partial charge in [0.15, 0.2) is 0 Å². The van der Waals surface area contributed by atoms with Crippen molar-refractivity contribution in [2.45, 2.75) is 19.3 Å². The van der Waals surface area contributed by atoms with Crippen LogP contribution in [0.25, 0.3) is 33.2 Å². The first-order chi connectivity index (χ1) is 14.8. The molecule has 1 aliphatic carbocycles. The molecule has 0 spiro atoms. The highest BCUT2D eigenvalue weighted by molar-refractivity contribution is 6.14. The second-order valence-electron chi connectivity index (χ2n) is 8.02. The second kappa shape index (κ2) is 6.77. The zero-order valence-corrected chi connectivity index (χ0v) is 16.9. The van der Waals surface area contributed by atoms with Crippen molar-refractivity contribution in [3.05, 3.63) is 95.3 Å². The summed E-state index contributed by atoms with van der Waals surface area (Å²) in [5.74, 6) is 1.90. The Kier molecular flexibility index (Phi) is 3.92. The maximum absolute atomic E-state index is 6.36. The van der Waals surface area contributed by atoms with Gasteiger partial charge in [-0.15, -0.1) is 0 Å². The van der Waals surface area contributed by atoms with Crippen LogP contribution in [0.4, 0.5) is 0 Å². The molecule has 2 nitrogen and oxygen atoms in total. The average molecular weight is 390 g/mol. The Bertz CT molecular complexity index is 1360. The lowest BCUT2D eigenvalue weighted by Gasteiger charge is -2.26. The van der Waals surface area contributed by atoms with Crippen LogP contribution < -0.4 is 9.47 Å². The normalized spacial score (nSPS) is 14.8. The third-order valence-corrected chi connectivity index (χ3v) is 6.40. The number of hydrogen-bond donors (Lipinski definition) is 0. The first-order valence-electron chi connectivity index (χ1n) is 10.5. The summed E-state index contributed by atoms with van der Waals surface area (Å²) in [6.07, 6.45) is 9.59.